The molecule has 1 amide bonds. The molecule has 37 heavy (non-hydrogen) atoms. The topological polar surface area (TPSA) is 107 Å². The molecule has 4 heterocycles. The quantitative estimate of drug-likeness (QED) is 0.529. The lowest BCUT2D eigenvalue weighted by molar-refractivity contribution is -0.0505. The Bertz CT molecular complexity index is 1430. The Morgan fingerprint density at radius 2 is 2.08 bits per heavy atom. The van der Waals surface area contributed by atoms with Crippen molar-refractivity contribution < 1.29 is 23.0 Å². The van der Waals surface area contributed by atoms with Gasteiger partial charge in [0.2, 0.25) is 0 Å². The number of ether oxygens (including phenoxy) is 2. The van der Waals surface area contributed by atoms with E-state index < -0.39 is 6.61 Å². The number of fused-ring (bicyclic) bond motifs is 9. The van der Waals surface area contributed by atoms with Crippen LogP contribution in [0, 0.1) is 0 Å². The molecule has 2 unspecified atom stereocenters. The van der Waals surface area contributed by atoms with Gasteiger partial charge in [0.25, 0.3) is 5.91 Å². The number of benzene rings is 1. The van der Waals surface area contributed by atoms with Gasteiger partial charge in [-0.05, 0) is 37.5 Å². The Morgan fingerprint density at radius 3 is 2.84 bits per heavy atom. The fraction of sp³-hybridized carbons (Fsp3) is 0.385. The number of rotatable bonds is 5. The van der Waals surface area contributed by atoms with Crippen LogP contribution >= 0.6 is 0 Å². The lowest BCUT2D eigenvalue weighted by Gasteiger charge is -2.23. The number of hydrogen-bond donors (Lipinski definition) is 1. The summed E-state index contributed by atoms with van der Waals surface area (Å²) in [4.78, 5) is 24.4. The summed E-state index contributed by atoms with van der Waals surface area (Å²) in [5, 5.41) is 4.74. The van der Waals surface area contributed by atoms with E-state index in [1.165, 1.54) is 12.3 Å². The standard InChI is InChI=1S/C26H26F2N6O3/c1-33-19-11-17(21-16(25(33)35)3-2-4-20(21)37-26(27)28)22-23(19)32-34-8-5-18(31-24(22)34)14(12-29)13-30-15-6-9-36-10-7-15/h2-5,8,12-13,15,17,19,26H,6-7,9-11,29H2,1H3/b14-12+,30-13?. The van der Waals surface area contributed by atoms with E-state index in [0.717, 1.165) is 18.4 Å². The van der Waals surface area contributed by atoms with E-state index in [9.17, 15) is 13.6 Å². The monoisotopic (exact) mass is 508 g/mol. The fourth-order valence-electron chi connectivity index (χ4n) is 5.60. The van der Waals surface area contributed by atoms with E-state index >= 15 is 0 Å². The Morgan fingerprint density at radius 1 is 1.27 bits per heavy atom. The van der Waals surface area contributed by atoms with Crippen molar-refractivity contribution in [2.45, 2.75) is 43.9 Å². The van der Waals surface area contributed by atoms with E-state index in [0.29, 0.717) is 53.4 Å². The summed E-state index contributed by atoms with van der Waals surface area (Å²) >= 11 is 0. The van der Waals surface area contributed by atoms with Crippen LogP contribution in [-0.4, -0.2) is 64.5 Å². The Kier molecular flexibility index (Phi) is 5.86. The second kappa shape index (κ2) is 9.22. The third kappa shape index (κ3) is 3.93. The van der Waals surface area contributed by atoms with Gasteiger partial charge in [0.1, 0.15) is 5.75 Å². The second-order valence-corrected chi connectivity index (χ2v) is 9.44. The zero-order chi connectivity index (χ0) is 25.7. The number of amides is 1. The van der Waals surface area contributed by atoms with Gasteiger partial charge in [0, 0.05) is 67.1 Å². The molecule has 0 saturated carbocycles. The summed E-state index contributed by atoms with van der Waals surface area (Å²) in [6, 6.07) is 6.35. The van der Waals surface area contributed by atoms with Gasteiger partial charge in [-0.2, -0.15) is 13.9 Å². The SMILES string of the molecule is CN1C(=O)c2cccc(OC(F)F)c2C2CC1c1nn3ccc(/C(C=NC4CCOCC4)=C/N)nc3c12. The highest BCUT2D eigenvalue weighted by atomic mass is 19.3. The van der Waals surface area contributed by atoms with Crippen molar-refractivity contribution in [3.63, 3.8) is 0 Å². The van der Waals surface area contributed by atoms with E-state index in [1.54, 1.807) is 41.0 Å². The Balaban J connectivity index is 1.46. The molecule has 2 N–H and O–H groups in total. The first-order chi connectivity index (χ1) is 18.0. The van der Waals surface area contributed by atoms with Crippen LogP contribution in [0.2, 0.25) is 0 Å². The normalized spacial score (nSPS) is 22.1. The average Bonchev–Trinajstić information content (AvgIpc) is 3.42. The van der Waals surface area contributed by atoms with Crippen LogP contribution in [-0.2, 0) is 4.74 Å². The number of aliphatic imine (C=N–C) groups is 1. The lowest BCUT2D eigenvalue weighted by atomic mass is 9.89. The van der Waals surface area contributed by atoms with Gasteiger partial charge < -0.3 is 20.1 Å². The van der Waals surface area contributed by atoms with Gasteiger partial charge in [0.15, 0.2) is 5.65 Å². The molecule has 1 fully saturated rings. The zero-order valence-corrected chi connectivity index (χ0v) is 20.2. The highest BCUT2D eigenvalue weighted by molar-refractivity contribution is 6.09. The molecule has 0 radical (unpaired) electrons. The van der Waals surface area contributed by atoms with Gasteiger partial charge in [-0.1, -0.05) is 6.07 Å². The van der Waals surface area contributed by atoms with E-state index in [1.807, 2.05) is 6.07 Å². The molecule has 0 spiro atoms. The first-order valence-electron chi connectivity index (χ1n) is 12.2. The molecule has 2 bridgehead atoms. The number of aromatic nitrogens is 3. The van der Waals surface area contributed by atoms with Crippen molar-refractivity contribution in [1.29, 1.82) is 0 Å². The molecule has 2 aromatic heterocycles. The van der Waals surface area contributed by atoms with Crippen molar-refractivity contribution in [1.82, 2.24) is 19.5 Å². The predicted octanol–water partition coefficient (Wildman–Crippen LogP) is 3.54. The van der Waals surface area contributed by atoms with Gasteiger partial charge >= 0.3 is 6.61 Å². The third-order valence-electron chi connectivity index (χ3n) is 7.41. The number of halogens is 2. The summed E-state index contributed by atoms with van der Waals surface area (Å²) in [5.74, 6) is -0.647. The number of nitrogens with two attached hydrogens (primary N) is 1. The summed E-state index contributed by atoms with van der Waals surface area (Å²) < 4.78 is 38.5. The van der Waals surface area contributed by atoms with E-state index in [-0.39, 0.29) is 29.7 Å². The summed E-state index contributed by atoms with van der Waals surface area (Å²) in [6.07, 6.45) is 7.22. The van der Waals surface area contributed by atoms with E-state index in [4.69, 9.17) is 25.3 Å². The maximum atomic E-state index is 13.3. The second-order valence-electron chi connectivity index (χ2n) is 9.44. The molecule has 3 aliphatic rings. The molecule has 192 valence electrons. The van der Waals surface area contributed by atoms with Gasteiger partial charge in [-0.3, -0.25) is 9.79 Å². The number of hydrogen-bond acceptors (Lipinski definition) is 7. The van der Waals surface area contributed by atoms with Crippen LogP contribution in [0.25, 0.3) is 11.2 Å². The minimum Gasteiger partial charge on any atom is -0.434 e. The van der Waals surface area contributed by atoms with Gasteiger partial charge in [-0.15, -0.1) is 0 Å². The largest absolute Gasteiger partial charge is 0.434 e. The highest BCUT2D eigenvalue weighted by Gasteiger charge is 2.46. The van der Waals surface area contributed by atoms with Gasteiger partial charge in [-0.25, -0.2) is 9.50 Å². The highest BCUT2D eigenvalue weighted by Crippen LogP contribution is 2.53. The molecule has 11 heteroatoms. The molecular weight excluding hydrogens is 482 g/mol. The minimum absolute atomic E-state index is 0.00519. The smallest absolute Gasteiger partial charge is 0.387 e. The van der Waals surface area contributed by atoms with Crippen molar-refractivity contribution >= 4 is 23.3 Å². The number of nitrogens with zero attached hydrogens (tertiary/aromatic N) is 5. The van der Waals surface area contributed by atoms with Crippen molar-refractivity contribution in [2.24, 2.45) is 10.7 Å². The van der Waals surface area contributed by atoms with Crippen LogP contribution in [0.4, 0.5) is 8.78 Å². The van der Waals surface area contributed by atoms with Crippen LogP contribution in [0.5, 0.6) is 5.75 Å². The number of carbonyl (C=O) groups excluding carboxylic acids is 1. The average molecular weight is 509 g/mol. The van der Waals surface area contributed by atoms with Crippen LogP contribution in [0.15, 0.2) is 41.7 Å². The van der Waals surface area contributed by atoms with Crippen molar-refractivity contribution in [2.75, 3.05) is 20.3 Å². The summed E-state index contributed by atoms with van der Waals surface area (Å²) in [6.45, 7) is -1.64. The molecule has 1 aromatic carbocycles. The molecular formula is C26H26F2N6O3. The number of alkyl halides is 2. The maximum absolute atomic E-state index is 13.3. The molecule has 1 saturated heterocycles. The Hall–Kier alpha value is -3.86. The number of allylic oxidation sites excluding steroid dienone is 1. The lowest BCUT2D eigenvalue weighted by Crippen LogP contribution is -2.30. The summed E-state index contributed by atoms with van der Waals surface area (Å²) in [7, 11) is 1.71. The number of carbonyl (C=O) groups is 1. The third-order valence-corrected chi connectivity index (χ3v) is 7.41. The first-order valence-corrected chi connectivity index (χ1v) is 12.2. The van der Waals surface area contributed by atoms with Gasteiger partial charge in [0.05, 0.1) is 23.5 Å². The maximum Gasteiger partial charge on any atom is 0.387 e. The van der Waals surface area contributed by atoms with Crippen molar-refractivity contribution in [3.05, 3.63) is 64.7 Å². The first kappa shape index (κ1) is 23.5. The Labute approximate surface area is 211 Å². The molecule has 2 aliphatic heterocycles. The molecule has 2 atom stereocenters. The summed E-state index contributed by atoms with van der Waals surface area (Å²) in [5.41, 5.74) is 10.1. The fourth-order valence-corrected chi connectivity index (χ4v) is 5.60. The minimum atomic E-state index is -3.01. The van der Waals surface area contributed by atoms with E-state index in [2.05, 4.69) is 4.99 Å². The zero-order valence-electron chi connectivity index (χ0n) is 20.2. The van der Waals surface area contributed by atoms with Crippen LogP contribution in [0.1, 0.15) is 64.1 Å². The van der Waals surface area contributed by atoms with Crippen molar-refractivity contribution in [3.8, 4) is 5.75 Å². The molecule has 9 nitrogen and oxygen atoms in total. The molecule has 1 aliphatic carbocycles. The predicted molar refractivity (Wildman–Crippen MR) is 132 cm³/mol. The molecule has 6 rings (SSSR count). The molecule has 3 aromatic rings. The van der Waals surface area contributed by atoms with Crippen LogP contribution in [0.3, 0.4) is 0 Å². The van der Waals surface area contributed by atoms with Crippen LogP contribution < -0.4 is 10.5 Å².